The van der Waals surface area contributed by atoms with Gasteiger partial charge in [-0.3, -0.25) is 9.59 Å². The fraction of sp³-hybridized carbons (Fsp3) is 0.125. The number of carboxylic acids is 2. The summed E-state index contributed by atoms with van der Waals surface area (Å²) in [4.78, 5) is 20.1. The Labute approximate surface area is 151 Å². The molecule has 2 aromatic carbocycles. The van der Waals surface area contributed by atoms with E-state index in [4.69, 9.17) is 33.4 Å². The molecule has 0 aliphatic rings. The van der Waals surface area contributed by atoms with Crippen molar-refractivity contribution in [3.05, 3.63) is 69.7 Å². The van der Waals surface area contributed by atoms with E-state index in [0.29, 0.717) is 15.6 Å². The van der Waals surface area contributed by atoms with Gasteiger partial charge in [0.15, 0.2) is 0 Å². The van der Waals surface area contributed by atoms with Gasteiger partial charge in [0.25, 0.3) is 0 Å². The lowest BCUT2D eigenvalue weighted by atomic mass is 10.1. The molecule has 0 aliphatic carbocycles. The number of benzene rings is 2. The fourth-order valence-corrected chi connectivity index (χ4v) is 2.11. The highest BCUT2D eigenvalue weighted by molar-refractivity contribution is 9.09. The van der Waals surface area contributed by atoms with Crippen LogP contribution < -0.4 is 0 Å². The summed E-state index contributed by atoms with van der Waals surface area (Å²) in [5.74, 6) is -1.73. The van der Waals surface area contributed by atoms with Crippen LogP contribution >= 0.6 is 39.1 Å². The van der Waals surface area contributed by atoms with Crippen LogP contribution in [0.1, 0.15) is 16.0 Å². The van der Waals surface area contributed by atoms with Crippen LogP contribution in [0.2, 0.25) is 10.0 Å². The van der Waals surface area contributed by atoms with Crippen LogP contribution in [0.4, 0.5) is 0 Å². The first-order chi connectivity index (χ1) is 10.8. The predicted octanol–water partition coefficient (Wildman–Crippen LogP) is 4.83. The van der Waals surface area contributed by atoms with Crippen molar-refractivity contribution in [2.75, 3.05) is 0 Å². The number of hydrogen-bond donors (Lipinski definition) is 2. The molecular formula is C16H13BrCl2O4. The van der Waals surface area contributed by atoms with E-state index in [1.807, 2.05) is 0 Å². The lowest BCUT2D eigenvalue weighted by molar-refractivity contribution is -0.137. The van der Waals surface area contributed by atoms with E-state index >= 15 is 0 Å². The number of carbonyl (C=O) groups is 2. The monoisotopic (exact) mass is 418 g/mol. The summed E-state index contributed by atoms with van der Waals surface area (Å²) in [7, 11) is 0. The largest absolute Gasteiger partial charge is 0.481 e. The average Bonchev–Trinajstić information content (AvgIpc) is 2.50. The smallest absolute Gasteiger partial charge is 0.321 e. The van der Waals surface area contributed by atoms with Gasteiger partial charge in [-0.1, -0.05) is 63.4 Å². The zero-order valence-corrected chi connectivity index (χ0v) is 14.8. The molecule has 4 nitrogen and oxygen atoms in total. The molecule has 2 aromatic rings. The second kappa shape index (κ2) is 9.55. The van der Waals surface area contributed by atoms with Crippen molar-refractivity contribution in [1.82, 2.24) is 0 Å². The first kappa shape index (κ1) is 19.5. The Morgan fingerprint density at radius 2 is 1.35 bits per heavy atom. The fourth-order valence-electron chi connectivity index (χ4n) is 1.55. The third-order valence-electron chi connectivity index (χ3n) is 2.65. The van der Waals surface area contributed by atoms with Crippen LogP contribution in [0.15, 0.2) is 48.5 Å². The summed E-state index contributed by atoms with van der Waals surface area (Å²) >= 11 is 14.3. The minimum Gasteiger partial charge on any atom is -0.481 e. The van der Waals surface area contributed by atoms with Crippen molar-refractivity contribution in [3.8, 4) is 0 Å². The molecule has 2 N–H and O–H groups in total. The van der Waals surface area contributed by atoms with E-state index in [1.165, 1.54) is 0 Å². The Bertz CT molecular complexity index is 657. The highest BCUT2D eigenvalue weighted by Gasteiger charge is 2.14. The third-order valence-corrected chi connectivity index (χ3v) is 4.07. The molecule has 7 heteroatoms. The van der Waals surface area contributed by atoms with E-state index in [-0.39, 0.29) is 6.42 Å². The predicted molar refractivity (Wildman–Crippen MR) is 93.5 cm³/mol. The summed E-state index contributed by atoms with van der Waals surface area (Å²) in [6, 6.07) is 13.4. The van der Waals surface area contributed by atoms with Gasteiger partial charge in [-0.05, 0) is 35.4 Å². The lowest BCUT2D eigenvalue weighted by Crippen LogP contribution is -2.03. The molecule has 1 unspecified atom stereocenters. The van der Waals surface area contributed by atoms with Crippen LogP contribution in [0, 0.1) is 0 Å². The molecule has 0 saturated carbocycles. The van der Waals surface area contributed by atoms with Crippen LogP contribution in [-0.2, 0) is 16.0 Å². The SMILES string of the molecule is O=C(O)C(Br)c1ccc(Cl)cc1.O=C(O)Cc1ccc(Cl)cc1. The van der Waals surface area contributed by atoms with Crippen molar-refractivity contribution in [3.63, 3.8) is 0 Å². The van der Waals surface area contributed by atoms with E-state index < -0.39 is 16.8 Å². The summed E-state index contributed by atoms with van der Waals surface area (Å²) in [5.41, 5.74) is 1.45. The lowest BCUT2D eigenvalue weighted by Gasteiger charge is -2.03. The first-order valence-corrected chi connectivity index (χ1v) is 8.05. The first-order valence-electron chi connectivity index (χ1n) is 6.38. The van der Waals surface area contributed by atoms with Gasteiger partial charge < -0.3 is 10.2 Å². The molecule has 0 radical (unpaired) electrons. The number of halogens is 3. The molecule has 0 aromatic heterocycles. The zero-order chi connectivity index (χ0) is 17.4. The number of alkyl halides is 1. The maximum atomic E-state index is 10.5. The molecule has 0 fully saturated rings. The molecule has 1 atom stereocenters. The summed E-state index contributed by atoms with van der Waals surface area (Å²) in [6.45, 7) is 0. The molecule has 122 valence electrons. The van der Waals surface area contributed by atoms with Gasteiger partial charge in [0, 0.05) is 10.0 Å². The number of carboxylic acid groups (broad SMARTS) is 2. The van der Waals surface area contributed by atoms with E-state index in [0.717, 1.165) is 5.56 Å². The minimum atomic E-state index is -0.905. The van der Waals surface area contributed by atoms with Gasteiger partial charge >= 0.3 is 11.9 Å². The van der Waals surface area contributed by atoms with Crippen LogP contribution in [0.5, 0.6) is 0 Å². The molecule has 0 spiro atoms. The third kappa shape index (κ3) is 7.50. The van der Waals surface area contributed by atoms with Crippen molar-refractivity contribution < 1.29 is 19.8 Å². The average molecular weight is 420 g/mol. The normalized spacial score (nSPS) is 11.1. The van der Waals surface area contributed by atoms with Crippen LogP contribution in [-0.4, -0.2) is 22.2 Å². The Morgan fingerprint density at radius 1 is 0.913 bits per heavy atom. The van der Waals surface area contributed by atoms with Crippen molar-refractivity contribution >= 4 is 51.1 Å². The standard InChI is InChI=1S/C8H6BrClO2.C8H7ClO2/c9-7(8(11)12)5-1-3-6(10)4-2-5;9-7-3-1-6(2-4-7)5-8(10)11/h1-4,7H,(H,11,12);1-4H,5H2,(H,10,11). The molecule has 0 saturated heterocycles. The van der Waals surface area contributed by atoms with E-state index in [1.54, 1.807) is 48.5 Å². The topological polar surface area (TPSA) is 74.6 Å². The van der Waals surface area contributed by atoms with Gasteiger partial charge in [0.1, 0.15) is 4.83 Å². The van der Waals surface area contributed by atoms with Gasteiger partial charge in [-0.2, -0.15) is 0 Å². The van der Waals surface area contributed by atoms with E-state index in [9.17, 15) is 9.59 Å². The number of rotatable bonds is 4. The van der Waals surface area contributed by atoms with Crippen molar-refractivity contribution in [2.24, 2.45) is 0 Å². The second-order valence-electron chi connectivity index (χ2n) is 4.45. The van der Waals surface area contributed by atoms with Crippen LogP contribution in [0.25, 0.3) is 0 Å². The number of hydrogen-bond acceptors (Lipinski definition) is 2. The van der Waals surface area contributed by atoms with Gasteiger partial charge in [-0.25, -0.2) is 0 Å². The Kier molecular flexibility index (Phi) is 8.09. The van der Waals surface area contributed by atoms with Crippen LogP contribution in [0.3, 0.4) is 0 Å². The number of aliphatic carboxylic acids is 2. The Hall–Kier alpha value is -1.56. The highest BCUT2D eigenvalue weighted by atomic mass is 79.9. The highest BCUT2D eigenvalue weighted by Crippen LogP contribution is 2.23. The maximum absolute atomic E-state index is 10.5. The summed E-state index contributed by atoms with van der Waals surface area (Å²) in [6.07, 6.45) is 0.0527. The van der Waals surface area contributed by atoms with Gasteiger partial charge in [0.05, 0.1) is 6.42 Å². The second-order valence-corrected chi connectivity index (χ2v) is 6.24. The molecule has 0 amide bonds. The van der Waals surface area contributed by atoms with E-state index in [2.05, 4.69) is 15.9 Å². The van der Waals surface area contributed by atoms with Crippen molar-refractivity contribution in [2.45, 2.75) is 11.2 Å². The quantitative estimate of drug-likeness (QED) is 0.696. The molecule has 0 bridgehead atoms. The summed E-state index contributed by atoms with van der Waals surface area (Å²) in [5, 5.41) is 18.3. The maximum Gasteiger partial charge on any atom is 0.321 e. The van der Waals surface area contributed by atoms with Gasteiger partial charge in [-0.15, -0.1) is 0 Å². The summed E-state index contributed by atoms with van der Waals surface area (Å²) < 4.78 is 0. The Morgan fingerprint density at radius 3 is 1.74 bits per heavy atom. The molecule has 0 heterocycles. The molecular weight excluding hydrogens is 407 g/mol. The van der Waals surface area contributed by atoms with Gasteiger partial charge in [0.2, 0.25) is 0 Å². The molecule has 2 rings (SSSR count). The van der Waals surface area contributed by atoms with Crippen molar-refractivity contribution in [1.29, 1.82) is 0 Å². The molecule has 0 aliphatic heterocycles. The zero-order valence-electron chi connectivity index (χ0n) is 11.7. The Balaban J connectivity index is 0.000000231. The minimum absolute atomic E-state index is 0.0527. The molecule has 23 heavy (non-hydrogen) atoms.